The fourth-order valence-electron chi connectivity index (χ4n) is 2.84. The molecule has 0 spiro atoms. The van der Waals surface area contributed by atoms with Crippen LogP contribution in [0.4, 0.5) is 4.79 Å². The normalized spacial score (nSPS) is 20.9. The fraction of sp³-hybridized carbons (Fsp3) is 0.846. The van der Waals surface area contributed by atoms with Crippen molar-refractivity contribution in [2.75, 3.05) is 32.8 Å². The topological polar surface area (TPSA) is 70.1 Å². The first-order chi connectivity index (χ1) is 9.22. The lowest BCUT2D eigenvalue weighted by Gasteiger charge is -2.33. The summed E-state index contributed by atoms with van der Waals surface area (Å²) in [6, 6.07) is 0.350. The van der Waals surface area contributed by atoms with Gasteiger partial charge in [0, 0.05) is 12.6 Å². The van der Waals surface area contributed by atoms with E-state index in [0.29, 0.717) is 19.1 Å². The van der Waals surface area contributed by atoms with Crippen LogP contribution in [-0.2, 0) is 9.53 Å². The highest BCUT2D eigenvalue weighted by molar-refractivity contribution is 5.94. The van der Waals surface area contributed by atoms with Crippen LogP contribution < -0.4 is 0 Å². The number of nitrogens with zero attached hydrogens (tertiary/aromatic N) is 2. The van der Waals surface area contributed by atoms with Crippen LogP contribution in [0.1, 0.15) is 32.1 Å². The quantitative estimate of drug-likeness (QED) is 0.792. The first-order valence-electron chi connectivity index (χ1n) is 7.04. The summed E-state index contributed by atoms with van der Waals surface area (Å²) < 4.78 is 4.77. The molecule has 2 aliphatic rings. The van der Waals surface area contributed by atoms with Crippen molar-refractivity contribution in [3.05, 3.63) is 0 Å². The summed E-state index contributed by atoms with van der Waals surface area (Å²) in [5.74, 6) is -0.221. The van der Waals surface area contributed by atoms with E-state index in [4.69, 9.17) is 9.84 Å². The molecular weight excluding hydrogens is 248 g/mol. The molecule has 0 unspecified atom stereocenters. The van der Waals surface area contributed by atoms with E-state index in [9.17, 15) is 9.59 Å². The van der Waals surface area contributed by atoms with Crippen LogP contribution in [0.5, 0.6) is 0 Å². The van der Waals surface area contributed by atoms with E-state index in [2.05, 4.69) is 0 Å². The Hall–Kier alpha value is -1.14. The second-order valence-corrected chi connectivity index (χ2v) is 5.15. The third kappa shape index (κ3) is 3.67. The molecule has 2 amide bonds. The lowest BCUT2D eigenvalue weighted by molar-refractivity contribution is -0.129. The van der Waals surface area contributed by atoms with Gasteiger partial charge in [0.2, 0.25) is 5.91 Å². The average Bonchev–Trinajstić information content (AvgIpc) is 2.85. The molecule has 2 fully saturated rings. The van der Waals surface area contributed by atoms with E-state index in [0.717, 1.165) is 17.7 Å². The summed E-state index contributed by atoms with van der Waals surface area (Å²) in [7, 11) is 0. The zero-order valence-corrected chi connectivity index (χ0v) is 11.2. The molecule has 0 aromatic rings. The van der Waals surface area contributed by atoms with Gasteiger partial charge < -0.3 is 9.84 Å². The molecular formula is C13H22N2O4. The highest BCUT2D eigenvalue weighted by Gasteiger charge is 2.31. The van der Waals surface area contributed by atoms with Crippen molar-refractivity contribution < 1.29 is 19.4 Å². The Morgan fingerprint density at radius 3 is 2.68 bits per heavy atom. The minimum Gasteiger partial charge on any atom is -0.447 e. The van der Waals surface area contributed by atoms with Crippen LogP contribution >= 0.6 is 0 Å². The molecule has 0 aromatic heterocycles. The number of carbonyl (C=O) groups is 2. The molecule has 1 aliphatic heterocycles. The van der Waals surface area contributed by atoms with Crippen molar-refractivity contribution in [3.63, 3.8) is 0 Å². The molecule has 1 aliphatic carbocycles. The van der Waals surface area contributed by atoms with Crippen LogP contribution in [0.2, 0.25) is 0 Å². The number of rotatable bonds is 5. The molecule has 1 heterocycles. The van der Waals surface area contributed by atoms with Gasteiger partial charge in [-0.3, -0.25) is 9.69 Å². The molecule has 2 rings (SSSR count). The van der Waals surface area contributed by atoms with Crippen LogP contribution in [0.25, 0.3) is 0 Å². The van der Waals surface area contributed by atoms with E-state index in [1.165, 1.54) is 19.3 Å². The van der Waals surface area contributed by atoms with Crippen LogP contribution in [-0.4, -0.2) is 65.8 Å². The van der Waals surface area contributed by atoms with Gasteiger partial charge in [-0.05, 0) is 12.8 Å². The van der Waals surface area contributed by atoms with Crippen molar-refractivity contribution in [1.29, 1.82) is 0 Å². The van der Waals surface area contributed by atoms with Gasteiger partial charge in [0.05, 0.1) is 19.7 Å². The second kappa shape index (κ2) is 6.86. The smallest absolute Gasteiger partial charge is 0.416 e. The molecule has 6 heteroatoms. The first-order valence-corrected chi connectivity index (χ1v) is 7.04. The number of amides is 2. The Bertz CT molecular complexity index is 329. The van der Waals surface area contributed by atoms with E-state index in [1.807, 2.05) is 4.90 Å². The van der Waals surface area contributed by atoms with Gasteiger partial charge in [-0.2, -0.15) is 0 Å². The summed E-state index contributed by atoms with van der Waals surface area (Å²) >= 11 is 0. The predicted molar refractivity (Wildman–Crippen MR) is 68.6 cm³/mol. The van der Waals surface area contributed by atoms with E-state index >= 15 is 0 Å². The van der Waals surface area contributed by atoms with Gasteiger partial charge in [-0.1, -0.05) is 19.3 Å². The summed E-state index contributed by atoms with van der Waals surface area (Å²) in [6.07, 6.45) is 5.18. The molecule has 108 valence electrons. The van der Waals surface area contributed by atoms with Gasteiger partial charge in [0.25, 0.3) is 0 Å². The average molecular weight is 270 g/mol. The molecule has 1 N–H and O–H groups in total. The number of aliphatic hydroxyl groups is 1. The van der Waals surface area contributed by atoms with Gasteiger partial charge >= 0.3 is 6.09 Å². The van der Waals surface area contributed by atoms with Gasteiger partial charge in [0.15, 0.2) is 0 Å². The standard InChI is InChI=1S/C13H22N2O4/c16-8-6-14(11-4-2-1-3-5-11)10-12(17)15-7-9-19-13(15)18/h11,16H,1-10H2. The molecule has 1 saturated carbocycles. The fourth-order valence-corrected chi connectivity index (χ4v) is 2.84. The van der Waals surface area contributed by atoms with Crippen molar-refractivity contribution in [2.24, 2.45) is 0 Å². The first kappa shape index (κ1) is 14.3. The van der Waals surface area contributed by atoms with Crippen molar-refractivity contribution >= 4 is 12.0 Å². The molecule has 0 aromatic carbocycles. The van der Waals surface area contributed by atoms with Gasteiger partial charge in [-0.15, -0.1) is 0 Å². The number of aliphatic hydroxyl groups excluding tert-OH is 1. The number of ether oxygens (including phenoxy) is 1. The summed E-state index contributed by atoms with van der Waals surface area (Å²) in [5.41, 5.74) is 0. The highest BCUT2D eigenvalue weighted by Crippen LogP contribution is 2.22. The zero-order valence-electron chi connectivity index (χ0n) is 11.2. The van der Waals surface area contributed by atoms with E-state index < -0.39 is 6.09 Å². The molecule has 0 atom stereocenters. The van der Waals surface area contributed by atoms with Crippen molar-refractivity contribution in [3.8, 4) is 0 Å². The van der Waals surface area contributed by atoms with E-state index in [-0.39, 0.29) is 25.7 Å². The third-order valence-corrected chi connectivity index (χ3v) is 3.88. The lowest BCUT2D eigenvalue weighted by Crippen LogP contribution is -2.46. The third-order valence-electron chi connectivity index (χ3n) is 3.88. The number of imide groups is 1. The largest absolute Gasteiger partial charge is 0.447 e. The van der Waals surface area contributed by atoms with Crippen LogP contribution in [0.15, 0.2) is 0 Å². The SMILES string of the molecule is O=C(CN(CCO)C1CCCCC1)N1CCOC1=O. The highest BCUT2D eigenvalue weighted by atomic mass is 16.6. The monoisotopic (exact) mass is 270 g/mol. The molecule has 19 heavy (non-hydrogen) atoms. The molecule has 0 bridgehead atoms. The molecule has 6 nitrogen and oxygen atoms in total. The van der Waals surface area contributed by atoms with Crippen LogP contribution in [0.3, 0.4) is 0 Å². The van der Waals surface area contributed by atoms with Gasteiger partial charge in [0.1, 0.15) is 6.61 Å². The maximum Gasteiger partial charge on any atom is 0.416 e. The minimum atomic E-state index is -0.544. The van der Waals surface area contributed by atoms with Crippen molar-refractivity contribution in [1.82, 2.24) is 9.80 Å². The molecule has 0 radical (unpaired) electrons. The van der Waals surface area contributed by atoms with Gasteiger partial charge in [-0.25, -0.2) is 9.69 Å². The number of carbonyl (C=O) groups excluding carboxylic acids is 2. The predicted octanol–water partition coefficient (Wildman–Crippen LogP) is 0.592. The number of hydrogen-bond donors (Lipinski definition) is 1. The van der Waals surface area contributed by atoms with Crippen LogP contribution in [0, 0.1) is 0 Å². The maximum absolute atomic E-state index is 12.1. The minimum absolute atomic E-state index is 0.0359. The Morgan fingerprint density at radius 1 is 1.37 bits per heavy atom. The Balaban J connectivity index is 1.91. The summed E-state index contributed by atoms with van der Waals surface area (Å²) in [4.78, 5) is 26.6. The zero-order chi connectivity index (χ0) is 13.7. The Morgan fingerprint density at radius 2 is 2.11 bits per heavy atom. The summed E-state index contributed by atoms with van der Waals surface area (Å²) in [5, 5.41) is 9.14. The summed E-state index contributed by atoms with van der Waals surface area (Å²) in [6.45, 7) is 1.34. The maximum atomic E-state index is 12.1. The second-order valence-electron chi connectivity index (χ2n) is 5.15. The van der Waals surface area contributed by atoms with Crippen molar-refractivity contribution in [2.45, 2.75) is 38.1 Å². The van der Waals surface area contributed by atoms with E-state index in [1.54, 1.807) is 0 Å². The number of cyclic esters (lactones) is 1. The Labute approximate surface area is 113 Å². The Kier molecular flexibility index (Phi) is 5.15. The lowest BCUT2D eigenvalue weighted by atomic mass is 9.94. The molecule has 1 saturated heterocycles. The number of hydrogen-bond acceptors (Lipinski definition) is 5.